The van der Waals surface area contributed by atoms with Gasteiger partial charge in [-0.3, -0.25) is 10.1 Å². The van der Waals surface area contributed by atoms with Gasteiger partial charge >= 0.3 is 5.97 Å². The number of nitrogens with one attached hydrogen (secondary N) is 1. The zero-order chi connectivity index (χ0) is 14.7. The van der Waals surface area contributed by atoms with Gasteiger partial charge in [0.2, 0.25) is 0 Å². The lowest BCUT2D eigenvalue weighted by Gasteiger charge is -2.19. The largest absolute Gasteiger partial charge is 0.468 e. The van der Waals surface area contributed by atoms with E-state index >= 15 is 0 Å². The second-order valence-electron chi connectivity index (χ2n) is 5.33. The van der Waals surface area contributed by atoms with Gasteiger partial charge < -0.3 is 9.14 Å². The predicted octanol–water partition coefficient (Wildman–Crippen LogP) is 1.93. The predicted molar refractivity (Wildman–Crippen MR) is 77.4 cm³/mol. The van der Waals surface area contributed by atoms with E-state index in [1.165, 1.54) is 12.7 Å². The number of aromatic nitrogens is 2. The van der Waals surface area contributed by atoms with E-state index in [1.807, 2.05) is 49.7 Å². The van der Waals surface area contributed by atoms with Gasteiger partial charge in [0.1, 0.15) is 11.7 Å². The highest BCUT2D eigenvalue weighted by Crippen LogP contribution is 2.09. The Kier molecular flexibility index (Phi) is 4.39. The van der Waals surface area contributed by atoms with Crippen LogP contribution < -0.4 is 5.32 Å². The minimum absolute atomic E-state index is 0.168. The molecule has 1 N–H and O–H groups in total. The van der Waals surface area contributed by atoms with Crippen molar-refractivity contribution in [3.63, 3.8) is 0 Å². The molecule has 2 aromatic rings. The lowest BCUT2D eigenvalue weighted by molar-refractivity contribution is -0.144. The van der Waals surface area contributed by atoms with Crippen molar-refractivity contribution in [2.45, 2.75) is 33.4 Å². The van der Waals surface area contributed by atoms with Crippen molar-refractivity contribution >= 4 is 11.6 Å². The van der Waals surface area contributed by atoms with Gasteiger partial charge in [0.25, 0.3) is 0 Å². The highest BCUT2D eigenvalue weighted by atomic mass is 16.5. The summed E-state index contributed by atoms with van der Waals surface area (Å²) in [5.74, 6) is -0.0682. The van der Waals surface area contributed by atoms with Crippen LogP contribution in [0.2, 0.25) is 0 Å². The molecule has 20 heavy (non-hydrogen) atoms. The number of carbonyl (C=O) groups excluding carboxylic acids is 1. The number of methoxy groups -OCH3 is 1. The number of ether oxygens (including phenoxy) is 1. The zero-order valence-electron chi connectivity index (χ0n) is 12.4. The second kappa shape index (κ2) is 6.05. The van der Waals surface area contributed by atoms with Crippen molar-refractivity contribution in [2.24, 2.45) is 5.92 Å². The molecular weight excluding hydrogens is 254 g/mol. The lowest BCUT2D eigenvalue weighted by atomic mass is 10.0. The van der Waals surface area contributed by atoms with Crippen molar-refractivity contribution in [1.82, 2.24) is 14.7 Å². The number of nitrogens with zero attached hydrogens (tertiary/aromatic N) is 2. The molecule has 0 radical (unpaired) electrons. The first-order chi connectivity index (χ1) is 9.51. The van der Waals surface area contributed by atoms with Crippen LogP contribution in [-0.2, 0) is 16.1 Å². The summed E-state index contributed by atoms with van der Waals surface area (Å²) in [5.41, 5.74) is 3.00. The molecule has 1 unspecified atom stereocenters. The number of hydrogen-bond acceptors (Lipinski definition) is 4. The molecule has 0 aliphatic rings. The Labute approximate surface area is 119 Å². The highest BCUT2D eigenvalue weighted by Gasteiger charge is 2.22. The quantitative estimate of drug-likeness (QED) is 0.847. The molecule has 2 heterocycles. The van der Waals surface area contributed by atoms with Gasteiger partial charge in [-0.05, 0) is 24.5 Å². The van der Waals surface area contributed by atoms with Crippen molar-refractivity contribution in [1.29, 1.82) is 0 Å². The zero-order valence-corrected chi connectivity index (χ0v) is 12.4. The van der Waals surface area contributed by atoms with Gasteiger partial charge in [0.05, 0.1) is 12.8 Å². The molecule has 108 valence electrons. The number of fused-ring (bicyclic) bond motifs is 1. The molecule has 0 saturated carbocycles. The molecule has 0 bridgehead atoms. The van der Waals surface area contributed by atoms with Crippen LogP contribution in [0.25, 0.3) is 5.65 Å². The highest BCUT2D eigenvalue weighted by molar-refractivity contribution is 5.75. The molecule has 0 aliphatic heterocycles. The SMILES string of the molecule is COC(=O)C(NCc1cn2cc(C)ccc2n1)C(C)C. The minimum atomic E-state index is -0.313. The van der Waals surface area contributed by atoms with E-state index in [-0.39, 0.29) is 17.9 Å². The third-order valence-corrected chi connectivity index (χ3v) is 3.27. The molecule has 5 nitrogen and oxygen atoms in total. The summed E-state index contributed by atoms with van der Waals surface area (Å²) in [4.78, 5) is 16.2. The molecule has 5 heteroatoms. The van der Waals surface area contributed by atoms with Gasteiger partial charge in [-0.25, -0.2) is 4.98 Å². The van der Waals surface area contributed by atoms with E-state index in [0.29, 0.717) is 6.54 Å². The van der Waals surface area contributed by atoms with Crippen LogP contribution in [0, 0.1) is 12.8 Å². The summed E-state index contributed by atoms with van der Waals surface area (Å²) in [6.45, 7) is 6.56. The van der Waals surface area contributed by atoms with Crippen molar-refractivity contribution < 1.29 is 9.53 Å². The molecule has 0 fully saturated rings. The van der Waals surface area contributed by atoms with Gasteiger partial charge in [-0.1, -0.05) is 19.9 Å². The van der Waals surface area contributed by atoms with Crippen molar-refractivity contribution in [3.8, 4) is 0 Å². The summed E-state index contributed by atoms with van der Waals surface area (Å²) in [6.07, 6.45) is 4.01. The number of carbonyl (C=O) groups is 1. The Morgan fingerprint density at radius 1 is 1.40 bits per heavy atom. The van der Waals surface area contributed by atoms with E-state index in [9.17, 15) is 4.79 Å². The Bertz CT molecular complexity index is 604. The number of imidazole rings is 1. The van der Waals surface area contributed by atoms with Crippen LogP contribution >= 0.6 is 0 Å². The first-order valence-corrected chi connectivity index (χ1v) is 6.76. The summed E-state index contributed by atoms with van der Waals surface area (Å²) >= 11 is 0. The second-order valence-corrected chi connectivity index (χ2v) is 5.33. The van der Waals surface area contributed by atoms with Crippen LogP contribution in [0.4, 0.5) is 0 Å². The average molecular weight is 275 g/mol. The number of pyridine rings is 1. The van der Waals surface area contributed by atoms with Crippen LogP contribution in [-0.4, -0.2) is 28.5 Å². The fourth-order valence-corrected chi connectivity index (χ4v) is 2.17. The monoisotopic (exact) mass is 275 g/mol. The van der Waals surface area contributed by atoms with E-state index in [0.717, 1.165) is 11.3 Å². The fraction of sp³-hybridized carbons (Fsp3) is 0.467. The van der Waals surface area contributed by atoms with Gasteiger partial charge in [-0.15, -0.1) is 0 Å². The van der Waals surface area contributed by atoms with Crippen molar-refractivity contribution in [2.75, 3.05) is 7.11 Å². The standard InChI is InChI=1S/C15H21N3O2/c1-10(2)14(15(19)20-4)16-7-12-9-18-8-11(3)5-6-13(18)17-12/h5-6,8-10,14,16H,7H2,1-4H3. The number of rotatable bonds is 5. The van der Waals surface area contributed by atoms with E-state index < -0.39 is 0 Å². The average Bonchev–Trinajstić information content (AvgIpc) is 2.79. The normalized spacial score (nSPS) is 12.8. The van der Waals surface area contributed by atoms with E-state index in [1.54, 1.807) is 0 Å². The lowest BCUT2D eigenvalue weighted by Crippen LogP contribution is -2.41. The maximum absolute atomic E-state index is 11.7. The molecule has 0 saturated heterocycles. The number of hydrogen-bond donors (Lipinski definition) is 1. The van der Waals surface area contributed by atoms with Gasteiger partial charge in [0.15, 0.2) is 0 Å². The Hall–Kier alpha value is -1.88. The Balaban J connectivity index is 2.09. The first kappa shape index (κ1) is 14.5. The van der Waals surface area contributed by atoms with Crippen LogP contribution in [0.5, 0.6) is 0 Å². The molecular formula is C15H21N3O2. The first-order valence-electron chi connectivity index (χ1n) is 6.76. The maximum Gasteiger partial charge on any atom is 0.323 e. The molecule has 0 spiro atoms. The van der Waals surface area contributed by atoms with E-state index in [4.69, 9.17) is 4.74 Å². The van der Waals surface area contributed by atoms with E-state index in [2.05, 4.69) is 10.3 Å². The summed E-state index contributed by atoms with van der Waals surface area (Å²) in [5, 5.41) is 3.21. The molecule has 2 aromatic heterocycles. The molecule has 2 rings (SSSR count). The Morgan fingerprint density at radius 2 is 2.15 bits per heavy atom. The number of esters is 1. The van der Waals surface area contributed by atoms with Crippen LogP contribution in [0.3, 0.4) is 0 Å². The summed E-state index contributed by atoms with van der Waals surface area (Å²) in [6, 6.07) is 3.70. The minimum Gasteiger partial charge on any atom is -0.468 e. The molecule has 1 atom stereocenters. The fourth-order valence-electron chi connectivity index (χ4n) is 2.17. The van der Waals surface area contributed by atoms with Gasteiger partial charge in [0, 0.05) is 18.9 Å². The topological polar surface area (TPSA) is 55.6 Å². The molecule has 0 amide bonds. The summed E-state index contributed by atoms with van der Waals surface area (Å²) < 4.78 is 6.80. The smallest absolute Gasteiger partial charge is 0.323 e. The third kappa shape index (κ3) is 3.17. The maximum atomic E-state index is 11.7. The van der Waals surface area contributed by atoms with Crippen molar-refractivity contribution in [3.05, 3.63) is 35.8 Å². The summed E-state index contributed by atoms with van der Waals surface area (Å²) in [7, 11) is 1.41. The van der Waals surface area contributed by atoms with Gasteiger partial charge in [-0.2, -0.15) is 0 Å². The molecule has 0 aromatic carbocycles. The Morgan fingerprint density at radius 3 is 2.80 bits per heavy atom. The van der Waals surface area contributed by atoms with Crippen LogP contribution in [0.15, 0.2) is 24.5 Å². The molecule has 0 aliphatic carbocycles. The third-order valence-electron chi connectivity index (χ3n) is 3.27. The number of aryl methyl sites for hydroxylation is 1. The van der Waals surface area contributed by atoms with Crippen LogP contribution in [0.1, 0.15) is 25.1 Å².